The van der Waals surface area contributed by atoms with Crippen molar-refractivity contribution in [1.29, 1.82) is 5.26 Å². The summed E-state index contributed by atoms with van der Waals surface area (Å²) >= 11 is 3.39. The standard InChI is InChI=1S/C16H14BrFN2O/c1-21-16-5-2-11(6-12(16)8-19)9-20-10-13-7-14(18)3-4-15(13)17/h2-7,20H,9-10H2,1H3. The minimum Gasteiger partial charge on any atom is -0.495 e. The summed E-state index contributed by atoms with van der Waals surface area (Å²) < 4.78 is 19.1. The molecular formula is C16H14BrFN2O. The molecule has 0 atom stereocenters. The molecule has 0 aliphatic rings. The zero-order valence-corrected chi connectivity index (χ0v) is 13.1. The van der Waals surface area contributed by atoms with Crippen molar-refractivity contribution in [1.82, 2.24) is 5.32 Å². The topological polar surface area (TPSA) is 45.0 Å². The highest BCUT2D eigenvalue weighted by atomic mass is 79.9. The van der Waals surface area contributed by atoms with E-state index < -0.39 is 0 Å². The van der Waals surface area contributed by atoms with Crippen molar-refractivity contribution in [2.45, 2.75) is 13.1 Å². The molecule has 2 aromatic carbocycles. The van der Waals surface area contributed by atoms with E-state index in [0.29, 0.717) is 24.4 Å². The van der Waals surface area contributed by atoms with E-state index >= 15 is 0 Å². The molecule has 108 valence electrons. The first kappa shape index (κ1) is 15.5. The van der Waals surface area contributed by atoms with E-state index in [0.717, 1.165) is 15.6 Å². The van der Waals surface area contributed by atoms with Gasteiger partial charge in [-0.15, -0.1) is 0 Å². The summed E-state index contributed by atoms with van der Waals surface area (Å²) in [5, 5.41) is 12.3. The van der Waals surface area contributed by atoms with E-state index in [-0.39, 0.29) is 5.82 Å². The number of rotatable bonds is 5. The molecule has 0 aromatic heterocycles. The van der Waals surface area contributed by atoms with E-state index in [1.54, 1.807) is 18.2 Å². The molecule has 0 fully saturated rings. The van der Waals surface area contributed by atoms with Crippen LogP contribution in [-0.2, 0) is 13.1 Å². The smallest absolute Gasteiger partial charge is 0.136 e. The predicted molar refractivity (Wildman–Crippen MR) is 82.4 cm³/mol. The maximum atomic E-state index is 13.2. The van der Waals surface area contributed by atoms with Gasteiger partial charge in [0.05, 0.1) is 12.7 Å². The predicted octanol–water partition coefficient (Wildman–Crippen LogP) is 3.76. The number of methoxy groups -OCH3 is 1. The zero-order chi connectivity index (χ0) is 15.2. The molecule has 5 heteroatoms. The number of nitriles is 1. The van der Waals surface area contributed by atoms with Crippen LogP contribution in [0.5, 0.6) is 5.75 Å². The van der Waals surface area contributed by atoms with Gasteiger partial charge in [-0.25, -0.2) is 4.39 Å². The molecule has 21 heavy (non-hydrogen) atoms. The molecule has 0 saturated carbocycles. The molecule has 2 rings (SSSR count). The Labute approximate surface area is 131 Å². The van der Waals surface area contributed by atoms with E-state index in [1.165, 1.54) is 19.2 Å². The maximum Gasteiger partial charge on any atom is 0.136 e. The molecule has 2 aromatic rings. The van der Waals surface area contributed by atoms with E-state index in [2.05, 4.69) is 27.3 Å². The van der Waals surface area contributed by atoms with Crippen LogP contribution in [0.4, 0.5) is 4.39 Å². The number of hydrogen-bond acceptors (Lipinski definition) is 3. The van der Waals surface area contributed by atoms with Crippen molar-refractivity contribution in [3.63, 3.8) is 0 Å². The van der Waals surface area contributed by atoms with Crippen molar-refractivity contribution in [3.8, 4) is 11.8 Å². The molecule has 0 bridgehead atoms. The van der Waals surface area contributed by atoms with Gasteiger partial charge in [0.25, 0.3) is 0 Å². The lowest BCUT2D eigenvalue weighted by Crippen LogP contribution is -2.13. The van der Waals surface area contributed by atoms with Gasteiger partial charge in [-0.1, -0.05) is 22.0 Å². The molecule has 0 spiro atoms. The summed E-state index contributed by atoms with van der Waals surface area (Å²) in [5.74, 6) is 0.306. The lowest BCUT2D eigenvalue weighted by molar-refractivity contribution is 0.413. The van der Waals surface area contributed by atoms with Crippen LogP contribution in [0.15, 0.2) is 40.9 Å². The van der Waals surface area contributed by atoms with Crippen LogP contribution >= 0.6 is 15.9 Å². The fourth-order valence-electron chi connectivity index (χ4n) is 1.97. The van der Waals surface area contributed by atoms with Crippen LogP contribution in [-0.4, -0.2) is 7.11 Å². The maximum absolute atomic E-state index is 13.2. The van der Waals surface area contributed by atoms with Crippen molar-refractivity contribution >= 4 is 15.9 Å². The zero-order valence-electron chi connectivity index (χ0n) is 11.5. The Morgan fingerprint density at radius 2 is 2.05 bits per heavy atom. The Kier molecular flexibility index (Phi) is 5.32. The highest BCUT2D eigenvalue weighted by Crippen LogP contribution is 2.20. The molecule has 0 aliphatic heterocycles. The number of ether oxygens (including phenoxy) is 1. The normalized spacial score (nSPS) is 10.2. The van der Waals surface area contributed by atoms with Crippen molar-refractivity contribution < 1.29 is 9.13 Å². The first-order valence-corrected chi connectivity index (χ1v) is 7.15. The molecule has 3 nitrogen and oxygen atoms in total. The first-order chi connectivity index (χ1) is 10.1. The van der Waals surface area contributed by atoms with E-state index in [4.69, 9.17) is 10.00 Å². The number of nitrogens with zero attached hydrogens (tertiary/aromatic N) is 1. The summed E-state index contributed by atoms with van der Waals surface area (Å²) in [6.07, 6.45) is 0. The van der Waals surface area contributed by atoms with Crippen molar-refractivity contribution in [3.05, 3.63) is 63.4 Å². The van der Waals surface area contributed by atoms with Gasteiger partial charge in [0, 0.05) is 17.6 Å². The third-order valence-electron chi connectivity index (χ3n) is 3.04. The van der Waals surface area contributed by atoms with Gasteiger partial charge in [0.1, 0.15) is 17.6 Å². The Morgan fingerprint density at radius 1 is 1.24 bits per heavy atom. The molecule has 1 N–H and O–H groups in total. The molecule has 0 aliphatic carbocycles. The Balaban J connectivity index is 2.01. The second kappa shape index (κ2) is 7.21. The second-order valence-corrected chi connectivity index (χ2v) is 5.34. The average molecular weight is 349 g/mol. The monoisotopic (exact) mass is 348 g/mol. The Hall–Kier alpha value is -1.90. The third kappa shape index (κ3) is 4.03. The summed E-state index contributed by atoms with van der Waals surface area (Å²) in [6.45, 7) is 1.12. The van der Waals surface area contributed by atoms with Crippen LogP contribution in [0.1, 0.15) is 16.7 Å². The van der Waals surface area contributed by atoms with Crippen LogP contribution in [0.2, 0.25) is 0 Å². The van der Waals surface area contributed by atoms with Gasteiger partial charge in [-0.2, -0.15) is 5.26 Å². The van der Waals surface area contributed by atoms with Gasteiger partial charge < -0.3 is 10.1 Å². The van der Waals surface area contributed by atoms with Gasteiger partial charge >= 0.3 is 0 Å². The minimum absolute atomic E-state index is 0.258. The molecule has 0 unspecified atom stereocenters. The van der Waals surface area contributed by atoms with Crippen LogP contribution in [0.3, 0.4) is 0 Å². The number of benzene rings is 2. The minimum atomic E-state index is -0.258. The highest BCUT2D eigenvalue weighted by molar-refractivity contribution is 9.10. The van der Waals surface area contributed by atoms with Gasteiger partial charge in [-0.3, -0.25) is 0 Å². The summed E-state index contributed by atoms with van der Waals surface area (Å²) in [4.78, 5) is 0. The third-order valence-corrected chi connectivity index (χ3v) is 3.81. The lowest BCUT2D eigenvalue weighted by Gasteiger charge is -2.09. The first-order valence-electron chi connectivity index (χ1n) is 6.35. The van der Waals surface area contributed by atoms with Crippen molar-refractivity contribution in [2.75, 3.05) is 7.11 Å². The molecule has 0 radical (unpaired) electrons. The summed E-state index contributed by atoms with van der Waals surface area (Å²) in [5.41, 5.74) is 2.33. The Morgan fingerprint density at radius 3 is 2.76 bits per heavy atom. The fraction of sp³-hybridized carbons (Fsp3) is 0.188. The second-order valence-electron chi connectivity index (χ2n) is 4.49. The number of nitrogens with one attached hydrogen (secondary N) is 1. The molecule has 0 saturated heterocycles. The number of halogens is 2. The van der Waals surface area contributed by atoms with Gasteiger partial charge in [-0.05, 0) is 41.5 Å². The lowest BCUT2D eigenvalue weighted by atomic mass is 10.1. The largest absolute Gasteiger partial charge is 0.495 e. The summed E-state index contributed by atoms with van der Waals surface area (Å²) in [7, 11) is 1.54. The van der Waals surface area contributed by atoms with Gasteiger partial charge in [0.15, 0.2) is 0 Å². The van der Waals surface area contributed by atoms with Crippen LogP contribution < -0.4 is 10.1 Å². The summed E-state index contributed by atoms with van der Waals surface area (Å²) in [6, 6.07) is 12.1. The van der Waals surface area contributed by atoms with Crippen LogP contribution in [0, 0.1) is 17.1 Å². The Bertz CT molecular complexity index is 682. The van der Waals surface area contributed by atoms with E-state index in [9.17, 15) is 4.39 Å². The molecule has 0 heterocycles. The van der Waals surface area contributed by atoms with Crippen molar-refractivity contribution in [2.24, 2.45) is 0 Å². The molecular weight excluding hydrogens is 335 g/mol. The fourth-order valence-corrected chi connectivity index (χ4v) is 2.36. The average Bonchev–Trinajstić information content (AvgIpc) is 2.50. The van der Waals surface area contributed by atoms with Crippen LogP contribution in [0.25, 0.3) is 0 Å². The number of hydrogen-bond donors (Lipinski definition) is 1. The van der Waals surface area contributed by atoms with Gasteiger partial charge in [0.2, 0.25) is 0 Å². The van der Waals surface area contributed by atoms with E-state index in [1.807, 2.05) is 6.07 Å². The SMILES string of the molecule is COc1ccc(CNCc2cc(F)ccc2Br)cc1C#N. The highest BCUT2D eigenvalue weighted by Gasteiger charge is 2.05. The molecule has 0 amide bonds. The quantitative estimate of drug-likeness (QED) is 0.894.